The van der Waals surface area contributed by atoms with E-state index >= 15 is 0 Å². The first kappa shape index (κ1) is 17.5. The average molecular weight is 355 g/mol. The minimum absolute atomic E-state index is 0.0489. The van der Waals surface area contributed by atoms with Crippen molar-refractivity contribution in [3.05, 3.63) is 16.0 Å². The van der Waals surface area contributed by atoms with Crippen molar-refractivity contribution in [3.63, 3.8) is 0 Å². The van der Waals surface area contributed by atoms with Crippen molar-refractivity contribution in [3.8, 4) is 0 Å². The van der Waals surface area contributed by atoms with E-state index in [0.29, 0.717) is 17.0 Å². The SMILES string of the molecule is CCc1c(C)sc(NC(=O)CC2SC(N)=NC2=O)c1C(=O)OC. The first-order valence-electron chi connectivity index (χ1n) is 6.92. The summed E-state index contributed by atoms with van der Waals surface area (Å²) in [5.74, 6) is -1.26. The molecule has 0 bridgehead atoms. The fourth-order valence-corrected chi connectivity index (χ4v) is 4.26. The van der Waals surface area contributed by atoms with Gasteiger partial charge in [-0.25, -0.2) is 4.79 Å². The number of nitrogens with zero attached hydrogens (tertiary/aromatic N) is 1. The van der Waals surface area contributed by atoms with Gasteiger partial charge in [0.2, 0.25) is 5.91 Å². The molecule has 0 saturated heterocycles. The minimum Gasteiger partial charge on any atom is -0.465 e. The number of carbonyl (C=O) groups excluding carboxylic acids is 3. The van der Waals surface area contributed by atoms with Crippen molar-refractivity contribution in [2.24, 2.45) is 10.7 Å². The van der Waals surface area contributed by atoms with Crippen LogP contribution in [0.1, 0.15) is 34.1 Å². The van der Waals surface area contributed by atoms with Crippen molar-refractivity contribution >= 4 is 51.1 Å². The molecule has 1 atom stereocenters. The molecule has 9 heteroatoms. The van der Waals surface area contributed by atoms with E-state index in [0.717, 1.165) is 22.2 Å². The minimum atomic E-state index is -0.608. The molecule has 0 fully saturated rings. The van der Waals surface area contributed by atoms with Gasteiger partial charge in [0.05, 0.1) is 12.7 Å². The molecule has 0 aliphatic carbocycles. The molecule has 0 radical (unpaired) electrons. The zero-order valence-corrected chi connectivity index (χ0v) is 14.6. The van der Waals surface area contributed by atoms with E-state index in [-0.39, 0.29) is 17.5 Å². The monoisotopic (exact) mass is 355 g/mol. The summed E-state index contributed by atoms with van der Waals surface area (Å²) in [6.45, 7) is 3.82. The number of ether oxygens (including phenoxy) is 1. The van der Waals surface area contributed by atoms with Crippen LogP contribution in [0.2, 0.25) is 0 Å². The third-order valence-electron chi connectivity index (χ3n) is 3.33. The van der Waals surface area contributed by atoms with Crippen LogP contribution in [0.15, 0.2) is 4.99 Å². The molecule has 23 heavy (non-hydrogen) atoms. The fourth-order valence-electron chi connectivity index (χ4n) is 2.29. The summed E-state index contributed by atoms with van der Waals surface area (Å²) in [4.78, 5) is 40.3. The summed E-state index contributed by atoms with van der Waals surface area (Å²) in [7, 11) is 1.30. The number of thioether (sulfide) groups is 1. The maximum Gasteiger partial charge on any atom is 0.341 e. The number of aliphatic imine (C=N–C) groups is 1. The van der Waals surface area contributed by atoms with Crippen LogP contribution in [0, 0.1) is 6.92 Å². The number of thiophene rings is 1. The molecule has 2 heterocycles. The molecule has 1 aromatic rings. The lowest BCUT2D eigenvalue weighted by molar-refractivity contribution is -0.121. The van der Waals surface area contributed by atoms with Crippen molar-refractivity contribution in [2.45, 2.75) is 31.9 Å². The van der Waals surface area contributed by atoms with Crippen LogP contribution in [0.4, 0.5) is 5.00 Å². The lowest BCUT2D eigenvalue weighted by Gasteiger charge is -2.08. The van der Waals surface area contributed by atoms with Crippen LogP contribution >= 0.6 is 23.1 Å². The van der Waals surface area contributed by atoms with Crippen LogP contribution < -0.4 is 11.1 Å². The summed E-state index contributed by atoms with van der Waals surface area (Å²) in [6, 6.07) is 0. The van der Waals surface area contributed by atoms with Crippen LogP contribution in [-0.4, -0.2) is 35.3 Å². The van der Waals surface area contributed by atoms with Gasteiger partial charge in [0.25, 0.3) is 5.91 Å². The number of amides is 2. The van der Waals surface area contributed by atoms with Gasteiger partial charge in [-0.3, -0.25) is 9.59 Å². The molecule has 1 aliphatic rings. The van der Waals surface area contributed by atoms with Crippen LogP contribution in [0.5, 0.6) is 0 Å². The number of hydrogen-bond donors (Lipinski definition) is 2. The molecular weight excluding hydrogens is 338 g/mol. The normalized spacial score (nSPS) is 17.1. The van der Waals surface area contributed by atoms with Gasteiger partial charge in [-0.1, -0.05) is 18.7 Å². The van der Waals surface area contributed by atoms with Gasteiger partial charge >= 0.3 is 5.97 Å². The lowest BCUT2D eigenvalue weighted by Crippen LogP contribution is -2.22. The number of rotatable bonds is 5. The quantitative estimate of drug-likeness (QED) is 0.778. The molecule has 2 rings (SSSR count). The van der Waals surface area contributed by atoms with Crippen molar-refractivity contribution in [2.75, 3.05) is 12.4 Å². The summed E-state index contributed by atoms with van der Waals surface area (Å²) in [6.07, 6.45) is 0.608. The number of nitrogens with two attached hydrogens (primary N) is 1. The van der Waals surface area contributed by atoms with E-state index in [1.807, 2.05) is 13.8 Å². The third-order valence-corrected chi connectivity index (χ3v) is 5.38. The Bertz CT molecular complexity index is 696. The molecule has 1 aliphatic heterocycles. The van der Waals surface area contributed by atoms with E-state index in [9.17, 15) is 14.4 Å². The van der Waals surface area contributed by atoms with Gasteiger partial charge in [0.1, 0.15) is 10.3 Å². The predicted molar refractivity (Wildman–Crippen MR) is 91.0 cm³/mol. The molecule has 124 valence electrons. The Labute approximate surface area is 141 Å². The van der Waals surface area contributed by atoms with E-state index < -0.39 is 17.1 Å². The van der Waals surface area contributed by atoms with Crippen LogP contribution in [0.3, 0.4) is 0 Å². The Morgan fingerprint density at radius 3 is 2.65 bits per heavy atom. The Morgan fingerprint density at radius 2 is 2.13 bits per heavy atom. The van der Waals surface area contributed by atoms with E-state index in [4.69, 9.17) is 10.5 Å². The lowest BCUT2D eigenvalue weighted by atomic mass is 10.1. The predicted octanol–water partition coefficient (Wildman–Crippen LogP) is 1.69. The van der Waals surface area contributed by atoms with E-state index in [1.54, 1.807) is 0 Å². The highest BCUT2D eigenvalue weighted by Gasteiger charge is 2.30. The summed E-state index contributed by atoms with van der Waals surface area (Å²) in [5, 5.41) is 2.71. The molecule has 7 nitrogen and oxygen atoms in total. The molecule has 1 aromatic heterocycles. The van der Waals surface area contributed by atoms with Gasteiger partial charge in [-0.2, -0.15) is 4.99 Å². The highest BCUT2D eigenvalue weighted by molar-refractivity contribution is 8.15. The van der Waals surface area contributed by atoms with Crippen LogP contribution in [-0.2, 0) is 20.7 Å². The summed E-state index contributed by atoms with van der Waals surface area (Å²) in [5.41, 5.74) is 6.71. The highest BCUT2D eigenvalue weighted by atomic mass is 32.2. The van der Waals surface area contributed by atoms with Gasteiger partial charge < -0.3 is 15.8 Å². The summed E-state index contributed by atoms with van der Waals surface area (Å²) < 4.78 is 4.80. The largest absolute Gasteiger partial charge is 0.465 e. The number of esters is 1. The molecule has 2 amide bonds. The molecule has 3 N–H and O–H groups in total. The maximum absolute atomic E-state index is 12.2. The Balaban J connectivity index is 2.15. The van der Waals surface area contributed by atoms with Crippen molar-refractivity contribution in [1.29, 1.82) is 0 Å². The molecule has 0 saturated carbocycles. The molecule has 0 aromatic carbocycles. The molecule has 1 unspecified atom stereocenters. The van der Waals surface area contributed by atoms with Crippen LogP contribution in [0.25, 0.3) is 0 Å². The second-order valence-corrected chi connectivity index (χ2v) is 7.28. The number of anilines is 1. The fraction of sp³-hybridized carbons (Fsp3) is 0.429. The zero-order valence-electron chi connectivity index (χ0n) is 13.0. The summed E-state index contributed by atoms with van der Waals surface area (Å²) >= 11 is 2.39. The van der Waals surface area contributed by atoms with Crippen molar-refractivity contribution in [1.82, 2.24) is 0 Å². The Morgan fingerprint density at radius 1 is 1.43 bits per heavy atom. The van der Waals surface area contributed by atoms with E-state index in [1.165, 1.54) is 18.4 Å². The van der Waals surface area contributed by atoms with Gasteiger partial charge in [-0.15, -0.1) is 11.3 Å². The number of aryl methyl sites for hydroxylation is 1. The third kappa shape index (κ3) is 3.73. The Hall–Kier alpha value is -1.87. The smallest absolute Gasteiger partial charge is 0.341 e. The topological polar surface area (TPSA) is 111 Å². The number of methoxy groups -OCH3 is 1. The average Bonchev–Trinajstić information content (AvgIpc) is 2.96. The zero-order chi connectivity index (χ0) is 17.1. The molecule has 0 spiro atoms. The number of amidine groups is 1. The second-order valence-electron chi connectivity index (χ2n) is 4.83. The molecular formula is C14H17N3O4S2. The second kappa shape index (κ2) is 7.14. The van der Waals surface area contributed by atoms with Crippen molar-refractivity contribution < 1.29 is 19.1 Å². The highest BCUT2D eigenvalue weighted by Crippen LogP contribution is 2.34. The maximum atomic E-state index is 12.2. The number of hydrogen-bond acceptors (Lipinski definition) is 7. The number of nitrogens with one attached hydrogen (secondary N) is 1. The first-order chi connectivity index (χ1) is 10.9. The first-order valence-corrected chi connectivity index (χ1v) is 8.62. The van der Waals surface area contributed by atoms with Gasteiger partial charge in [-0.05, 0) is 18.9 Å². The van der Waals surface area contributed by atoms with Gasteiger partial charge in [0, 0.05) is 11.3 Å². The standard InChI is InChI=1S/C14H17N3O4S2/c1-4-7-6(2)22-12(10(7)13(20)21-3)16-9(18)5-8-11(19)17-14(15)23-8/h8H,4-5H2,1-3H3,(H,16,18)(H2,15,17,19). The van der Waals surface area contributed by atoms with E-state index in [2.05, 4.69) is 10.3 Å². The van der Waals surface area contributed by atoms with Gasteiger partial charge in [0.15, 0.2) is 5.17 Å². The number of carbonyl (C=O) groups is 3. The Kier molecular flexibility index (Phi) is 5.42.